The summed E-state index contributed by atoms with van der Waals surface area (Å²) in [6.07, 6.45) is 0. The van der Waals surface area contributed by atoms with Crippen molar-refractivity contribution in [3.05, 3.63) is 74.6 Å². The fourth-order valence-corrected chi connectivity index (χ4v) is 3.11. The summed E-state index contributed by atoms with van der Waals surface area (Å²) in [4.78, 5) is 12.6. The molecule has 0 fully saturated rings. The molecule has 0 unspecified atom stereocenters. The molecule has 2 aromatic carbocycles. The van der Waals surface area contributed by atoms with Crippen LogP contribution in [0.1, 0.15) is 32.9 Å². The number of anilines is 1. The largest absolute Gasteiger partial charge is 0.488 e. The molecule has 0 atom stereocenters. The lowest BCUT2D eigenvalue weighted by molar-refractivity contribution is 0.101. The van der Waals surface area contributed by atoms with Crippen LogP contribution in [0.15, 0.2) is 40.9 Å². The number of halogens is 2. The lowest BCUT2D eigenvalue weighted by Gasteiger charge is -2.11. The Hall–Kier alpha value is -2.50. The Bertz CT molecular complexity index is 979. The number of ether oxygens (including phenoxy) is 1. The molecular formula is C20H18Cl2N2O3. The zero-order chi connectivity index (χ0) is 19.6. The number of carbonyl (C=O) groups excluding carboxylic acids is 1. The first-order valence-corrected chi connectivity index (χ1v) is 9.02. The molecule has 0 aliphatic heterocycles. The molecule has 0 bridgehead atoms. The minimum atomic E-state index is -0.426. The Balaban J connectivity index is 1.79. The Morgan fingerprint density at radius 3 is 2.56 bits per heavy atom. The third-order valence-electron chi connectivity index (χ3n) is 4.25. The summed E-state index contributed by atoms with van der Waals surface area (Å²) < 4.78 is 11.1. The number of rotatable bonds is 5. The van der Waals surface area contributed by atoms with E-state index < -0.39 is 5.91 Å². The third kappa shape index (κ3) is 4.43. The van der Waals surface area contributed by atoms with Gasteiger partial charge in [0, 0.05) is 15.7 Å². The Kier molecular flexibility index (Phi) is 5.73. The molecule has 3 aromatic rings. The van der Waals surface area contributed by atoms with E-state index in [-0.39, 0.29) is 12.3 Å². The number of carbonyl (C=O) groups is 1. The number of aromatic nitrogens is 1. The minimum Gasteiger partial charge on any atom is -0.488 e. The zero-order valence-electron chi connectivity index (χ0n) is 15.1. The van der Waals surface area contributed by atoms with E-state index in [2.05, 4.69) is 10.5 Å². The van der Waals surface area contributed by atoms with E-state index in [0.717, 1.165) is 16.9 Å². The van der Waals surface area contributed by atoms with Crippen molar-refractivity contribution in [1.29, 1.82) is 0 Å². The van der Waals surface area contributed by atoms with Crippen LogP contribution in [0.5, 0.6) is 5.75 Å². The molecular weight excluding hydrogens is 387 g/mol. The Labute approximate surface area is 167 Å². The summed E-state index contributed by atoms with van der Waals surface area (Å²) in [6, 6.07) is 10.6. The van der Waals surface area contributed by atoms with Crippen molar-refractivity contribution >= 4 is 34.8 Å². The maximum atomic E-state index is 12.6. The van der Waals surface area contributed by atoms with Gasteiger partial charge in [-0.2, -0.15) is 0 Å². The molecule has 27 heavy (non-hydrogen) atoms. The molecule has 3 rings (SSSR count). The molecule has 0 aliphatic carbocycles. The Morgan fingerprint density at radius 2 is 1.85 bits per heavy atom. The minimum absolute atomic E-state index is 0.161. The first-order valence-electron chi connectivity index (χ1n) is 8.26. The van der Waals surface area contributed by atoms with Crippen LogP contribution in [0.25, 0.3) is 0 Å². The molecule has 0 spiro atoms. The lowest BCUT2D eigenvalue weighted by Crippen LogP contribution is -2.15. The summed E-state index contributed by atoms with van der Waals surface area (Å²) in [5.74, 6) is 0.850. The van der Waals surface area contributed by atoms with Crippen molar-refractivity contribution in [1.82, 2.24) is 5.16 Å². The van der Waals surface area contributed by atoms with Crippen molar-refractivity contribution in [3.8, 4) is 5.75 Å². The van der Waals surface area contributed by atoms with Crippen molar-refractivity contribution < 1.29 is 14.1 Å². The van der Waals surface area contributed by atoms with Gasteiger partial charge in [-0.05, 0) is 56.2 Å². The molecule has 1 aromatic heterocycles. The molecule has 0 saturated heterocycles. The van der Waals surface area contributed by atoms with Crippen molar-refractivity contribution in [2.45, 2.75) is 27.4 Å². The van der Waals surface area contributed by atoms with Crippen LogP contribution in [0.4, 0.5) is 5.69 Å². The molecule has 1 heterocycles. The Morgan fingerprint density at radius 1 is 1.15 bits per heavy atom. The summed E-state index contributed by atoms with van der Waals surface area (Å²) in [7, 11) is 0. The van der Waals surface area contributed by atoms with Crippen molar-refractivity contribution in [2.75, 3.05) is 5.32 Å². The molecule has 7 heteroatoms. The summed E-state index contributed by atoms with van der Waals surface area (Å²) in [6.45, 7) is 5.91. The molecule has 1 amide bonds. The fraction of sp³-hybridized carbons (Fsp3) is 0.200. The van der Waals surface area contributed by atoms with E-state index in [9.17, 15) is 4.79 Å². The molecule has 140 valence electrons. The number of aryl methyl sites for hydroxylation is 2. The maximum absolute atomic E-state index is 12.6. The van der Waals surface area contributed by atoms with E-state index in [4.69, 9.17) is 32.5 Å². The van der Waals surface area contributed by atoms with Gasteiger partial charge >= 0.3 is 0 Å². The van der Waals surface area contributed by atoms with E-state index >= 15 is 0 Å². The summed E-state index contributed by atoms with van der Waals surface area (Å²) in [5, 5.41) is 7.45. The van der Waals surface area contributed by atoms with Gasteiger partial charge in [0.2, 0.25) is 0 Å². The van der Waals surface area contributed by atoms with E-state index in [0.29, 0.717) is 27.1 Å². The van der Waals surface area contributed by atoms with Crippen LogP contribution >= 0.6 is 23.2 Å². The average molecular weight is 405 g/mol. The number of hydrogen-bond acceptors (Lipinski definition) is 4. The topological polar surface area (TPSA) is 64.4 Å². The van der Waals surface area contributed by atoms with Gasteiger partial charge in [-0.15, -0.1) is 0 Å². The van der Waals surface area contributed by atoms with Gasteiger partial charge < -0.3 is 14.6 Å². The monoisotopic (exact) mass is 404 g/mol. The van der Waals surface area contributed by atoms with Crippen molar-refractivity contribution in [3.63, 3.8) is 0 Å². The lowest BCUT2D eigenvalue weighted by atomic mass is 10.1. The third-order valence-corrected chi connectivity index (χ3v) is 4.68. The zero-order valence-corrected chi connectivity index (χ0v) is 16.6. The number of hydrogen-bond donors (Lipinski definition) is 1. The number of nitrogens with zero attached hydrogens (tertiary/aromatic N) is 1. The van der Waals surface area contributed by atoms with Crippen LogP contribution in [0.3, 0.4) is 0 Å². The second-order valence-corrected chi connectivity index (χ2v) is 7.04. The summed E-state index contributed by atoms with van der Waals surface area (Å²) >= 11 is 11.9. The molecule has 0 saturated carbocycles. The standard InChI is InChI=1S/C20H18Cl2N2O3/c1-11-5-4-6-18(12(11)2)26-10-17-13(3)27-24-19(17)20(25)23-16-8-14(21)7-15(22)9-16/h4-9H,10H2,1-3H3,(H,23,25). The second kappa shape index (κ2) is 8.03. The van der Waals surface area contributed by atoms with Gasteiger partial charge in [-0.1, -0.05) is 40.5 Å². The number of benzene rings is 2. The molecule has 5 nitrogen and oxygen atoms in total. The highest BCUT2D eigenvalue weighted by Crippen LogP contribution is 2.25. The highest BCUT2D eigenvalue weighted by Gasteiger charge is 2.21. The normalized spacial score (nSPS) is 10.7. The smallest absolute Gasteiger partial charge is 0.278 e. The summed E-state index contributed by atoms with van der Waals surface area (Å²) in [5.41, 5.74) is 3.39. The quantitative estimate of drug-likeness (QED) is 0.588. The maximum Gasteiger partial charge on any atom is 0.278 e. The van der Waals surface area contributed by atoms with E-state index in [1.54, 1.807) is 25.1 Å². The second-order valence-electron chi connectivity index (χ2n) is 6.16. The SMILES string of the molecule is Cc1cccc(OCc2c(C(=O)Nc3cc(Cl)cc(Cl)c3)noc2C)c1C. The molecule has 0 radical (unpaired) electrons. The van der Waals surface area contributed by atoms with Gasteiger partial charge in [0.15, 0.2) is 5.69 Å². The number of nitrogens with one attached hydrogen (secondary N) is 1. The van der Waals surface area contributed by atoms with Gasteiger partial charge in [0.25, 0.3) is 5.91 Å². The molecule has 1 N–H and O–H groups in total. The van der Waals surface area contributed by atoms with E-state index in [1.807, 2.05) is 32.0 Å². The van der Waals surface area contributed by atoms with Crippen LogP contribution in [-0.4, -0.2) is 11.1 Å². The molecule has 0 aliphatic rings. The average Bonchev–Trinajstić information content (AvgIpc) is 2.96. The van der Waals surface area contributed by atoms with Crippen LogP contribution < -0.4 is 10.1 Å². The van der Waals surface area contributed by atoms with Gasteiger partial charge in [-0.3, -0.25) is 4.79 Å². The predicted molar refractivity (Wildman–Crippen MR) is 106 cm³/mol. The highest BCUT2D eigenvalue weighted by atomic mass is 35.5. The van der Waals surface area contributed by atoms with Crippen LogP contribution in [-0.2, 0) is 6.61 Å². The number of amides is 1. The van der Waals surface area contributed by atoms with Crippen molar-refractivity contribution in [2.24, 2.45) is 0 Å². The first kappa shape index (κ1) is 19.3. The van der Waals surface area contributed by atoms with Gasteiger partial charge in [0.05, 0.1) is 5.56 Å². The van der Waals surface area contributed by atoms with Gasteiger partial charge in [-0.25, -0.2) is 0 Å². The predicted octanol–water partition coefficient (Wildman–Crippen LogP) is 5.74. The highest BCUT2D eigenvalue weighted by molar-refractivity contribution is 6.35. The first-order chi connectivity index (χ1) is 12.8. The van der Waals surface area contributed by atoms with Crippen LogP contribution in [0, 0.1) is 20.8 Å². The van der Waals surface area contributed by atoms with Crippen LogP contribution in [0.2, 0.25) is 10.0 Å². The van der Waals surface area contributed by atoms with E-state index in [1.165, 1.54) is 0 Å². The fourth-order valence-electron chi connectivity index (χ4n) is 2.59. The van der Waals surface area contributed by atoms with Gasteiger partial charge in [0.1, 0.15) is 18.1 Å².